The molecule has 5 heteroatoms. The first-order valence-corrected chi connectivity index (χ1v) is 7.12. The van der Waals surface area contributed by atoms with Gasteiger partial charge in [-0.15, -0.1) is 35.3 Å². The monoisotopic (exact) mass is 401 g/mol. The van der Waals surface area contributed by atoms with E-state index in [-0.39, 0.29) is 29.4 Å². The van der Waals surface area contributed by atoms with Gasteiger partial charge in [0.05, 0.1) is 6.54 Å². The van der Waals surface area contributed by atoms with Crippen LogP contribution in [0, 0.1) is 0 Å². The Labute approximate surface area is 141 Å². The molecule has 2 aromatic rings. The lowest BCUT2D eigenvalue weighted by Gasteiger charge is -2.21. The molecule has 20 heavy (non-hydrogen) atoms. The molecule has 3 N–H and O–H groups in total. The fourth-order valence-electron chi connectivity index (χ4n) is 1.73. The molecule has 0 radical (unpaired) electrons. The fourth-order valence-corrected chi connectivity index (χ4v) is 2.58. The van der Waals surface area contributed by atoms with Crippen LogP contribution in [0.3, 0.4) is 0 Å². The second kappa shape index (κ2) is 7.64. The van der Waals surface area contributed by atoms with E-state index in [9.17, 15) is 0 Å². The second-order valence-electron chi connectivity index (χ2n) is 5.05. The highest BCUT2D eigenvalue weighted by atomic mass is 127. The van der Waals surface area contributed by atoms with Crippen molar-refractivity contribution in [2.24, 2.45) is 10.7 Å². The molecule has 0 saturated heterocycles. The number of benzene rings is 1. The smallest absolute Gasteiger partial charge is 0.193 e. The normalized spacial score (nSPS) is 11.8. The maximum absolute atomic E-state index is 5.91. The van der Waals surface area contributed by atoms with Crippen LogP contribution in [-0.2, 0) is 5.41 Å². The highest BCUT2D eigenvalue weighted by Crippen LogP contribution is 2.27. The zero-order valence-corrected chi connectivity index (χ0v) is 14.8. The molecular formula is C15H20IN3S. The van der Waals surface area contributed by atoms with Gasteiger partial charge in [-0.05, 0) is 23.6 Å². The minimum Gasteiger partial charge on any atom is -0.370 e. The van der Waals surface area contributed by atoms with Crippen LogP contribution in [0.2, 0.25) is 0 Å². The standard InChI is InChI=1S/C15H19N3S.HI/c1-15(2,13-9-6-10-19-13)11-17-14(16)18-12-7-4-3-5-8-12;/h3-10H,11H2,1-2H3,(H3,16,17,18);1H. The highest BCUT2D eigenvalue weighted by molar-refractivity contribution is 14.0. The van der Waals surface area contributed by atoms with Gasteiger partial charge >= 0.3 is 0 Å². The number of guanidine groups is 1. The SMILES string of the molecule is CC(C)(CN=C(N)Nc1ccccc1)c1cccs1.I. The van der Waals surface area contributed by atoms with Crippen LogP contribution in [0.4, 0.5) is 5.69 Å². The average molecular weight is 401 g/mol. The second-order valence-corrected chi connectivity index (χ2v) is 6.00. The number of thiophene rings is 1. The summed E-state index contributed by atoms with van der Waals surface area (Å²) in [5, 5.41) is 5.18. The number of anilines is 1. The molecule has 0 aliphatic carbocycles. The molecule has 0 bridgehead atoms. The van der Waals surface area contributed by atoms with Gasteiger partial charge in [-0.3, -0.25) is 4.99 Å². The van der Waals surface area contributed by atoms with Gasteiger partial charge in [0.15, 0.2) is 5.96 Å². The van der Waals surface area contributed by atoms with E-state index in [1.54, 1.807) is 11.3 Å². The molecule has 3 nitrogen and oxygen atoms in total. The molecule has 0 unspecified atom stereocenters. The van der Waals surface area contributed by atoms with Crippen LogP contribution in [0.25, 0.3) is 0 Å². The lowest BCUT2D eigenvalue weighted by Crippen LogP contribution is -2.27. The largest absolute Gasteiger partial charge is 0.370 e. The van der Waals surface area contributed by atoms with E-state index in [4.69, 9.17) is 5.73 Å². The van der Waals surface area contributed by atoms with Crippen molar-refractivity contribution in [1.29, 1.82) is 0 Å². The summed E-state index contributed by atoms with van der Waals surface area (Å²) in [4.78, 5) is 5.76. The first-order valence-electron chi connectivity index (χ1n) is 6.24. The first-order chi connectivity index (χ1) is 9.08. The van der Waals surface area contributed by atoms with Gasteiger partial charge in [0.25, 0.3) is 0 Å². The van der Waals surface area contributed by atoms with Gasteiger partial charge in [-0.1, -0.05) is 38.1 Å². The molecule has 108 valence electrons. The van der Waals surface area contributed by atoms with Gasteiger partial charge in [0.1, 0.15) is 0 Å². The van der Waals surface area contributed by atoms with Crippen molar-refractivity contribution in [3.8, 4) is 0 Å². The van der Waals surface area contributed by atoms with Crippen LogP contribution in [0.5, 0.6) is 0 Å². The van der Waals surface area contributed by atoms with Crippen molar-refractivity contribution < 1.29 is 0 Å². The summed E-state index contributed by atoms with van der Waals surface area (Å²) in [6.45, 7) is 5.02. The van der Waals surface area contributed by atoms with Crippen molar-refractivity contribution in [1.82, 2.24) is 0 Å². The maximum atomic E-state index is 5.91. The number of nitrogens with one attached hydrogen (secondary N) is 1. The summed E-state index contributed by atoms with van der Waals surface area (Å²) in [7, 11) is 0. The quantitative estimate of drug-likeness (QED) is 0.461. The van der Waals surface area contributed by atoms with Gasteiger partial charge < -0.3 is 11.1 Å². The summed E-state index contributed by atoms with van der Waals surface area (Å²) < 4.78 is 0. The maximum Gasteiger partial charge on any atom is 0.193 e. The number of nitrogens with two attached hydrogens (primary N) is 1. The van der Waals surface area contributed by atoms with Crippen LogP contribution in [-0.4, -0.2) is 12.5 Å². The zero-order valence-electron chi connectivity index (χ0n) is 11.7. The Balaban J connectivity index is 0.00000200. The molecule has 0 fully saturated rings. The van der Waals surface area contributed by atoms with E-state index in [2.05, 4.69) is 41.7 Å². The Kier molecular flexibility index (Phi) is 6.48. The van der Waals surface area contributed by atoms with Crippen LogP contribution in [0.15, 0.2) is 52.8 Å². The molecule has 0 aliphatic heterocycles. The van der Waals surface area contributed by atoms with Gasteiger partial charge in [0, 0.05) is 16.0 Å². The van der Waals surface area contributed by atoms with Crippen LogP contribution < -0.4 is 11.1 Å². The minimum absolute atomic E-state index is 0. The first kappa shape index (κ1) is 17.0. The molecule has 0 amide bonds. The number of nitrogens with zero attached hydrogens (tertiary/aromatic N) is 1. The van der Waals surface area contributed by atoms with Crippen LogP contribution in [0.1, 0.15) is 18.7 Å². The lowest BCUT2D eigenvalue weighted by molar-refractivity contribution is 0.551. The Bertz CT molecular complexity index is 536. The molecule has 1 heterocycles. The molecule has 2 rings (SSSR count). The van der Waals surface area contributed by atoms with E-state index in [1.165, 1.54) is 4.88 Å². The van der Waals surface area contributed by atoms with Crippen molar-refractivity contribution in [3.63, 3.8) is 0 Å². The number of hydrogen-bond donors (Lipinski definition) is 2. The van der Waals surface area contributed by atoms with E-state index in [0.717, 1.165) is 5.69 Å². The molecular weight excluding hydrogens is 381 g/mol. The lowest BCUT2D eigenvalue weighted by atomic mass is 9.92. The van der Waals surface area contributed by atoms with E-state index < -0.39 is 0 Å². The molecule has 1 aromatic heterocycles. The topological polar surface area (TPSA) is 50.4 Å². The Morgan fingerprint density at radius 1 is 1.20 bits per heavy atom. The third-order valence-electron chi connectivity index (χ3n) is 2.88. The number of hydrogen-bond acceptors (Lipinski definition) is 2. The fraction of sp³-hybridized carbons (Fsp3) is 0.267. The Hall–Kier alpha value is -1.08. The Morgan fingerprint density at radius 3 is 2.50 bits per heavy atom. The molecule has 0 saturated carbocycles. The van der Waals surface area contributed by atoms with Gasteiger partial charge in [-0.25, -0.2) is 0 Å². The molecule has 0 atom stereocenters. The van der Waals surface area contributed by atoms with Gasteiger partial charge in [0.2, 0.25) is 0 Å². The van der Waals surface area contributed by atoms with Crippen molar-refractivity contribution >= 4 is 47.0 Å². The summed E-state index contributed by atoms with van der Waals surface area (Å²) in [6.07, 6.45) is 0. The van der Waals surface area contributed by atoms with E-state index >= 15 is 0 Å². The third-order valence-corrected chi connectivity index (χ3v) is 4.11. The van der Waals surface area contributed by atoms with E-state index in [0.29, 0.717) is 12.5 Å². The summed E-state index contributed by atoms with van der Waals surface area (Å²) in [5.41, 5.74) is 6.88. The van der Waals surface area contributed by atoms with Crippen molar-refractivity contribution in [2.45, 2.75) is 19.3 Å². The Morgan fingerprint density at radius 2 is 1.90 bits per heavy atom. The summed E-state index contributed by atoms with van der Waals surface area (Å²) >= 11 is 1.76. The number of halogens is 1. The number of rotatable bonds is 4. The molecule has 0 spiro atoms. The average Bonchev–Trinajstić information content (AvgIpc) is 2.92. The van der Waals surface area contributed by atoms with Crippen LogP contribution >= 0.6 is 35.3 Å². The van der Waals surface area contributed by atoms with E-state index in [1.807, 2.05) is 30.3 Å². The number of para-hydroxylation sites is 1. The summed E-state index contributed by atoms with van der Waals surface area (Å²) in [6, 6.07) is 14.0. The third kappa shape index (κ3) is 4.79. The van der Waals surface area contributed by atoms with Crippen molar-refractivity contribution in [3.05, 3.63) is 52.7 Å². The predicted octanol–water partition coefficient (Wildman–Crippen LogP) is 4.07. The molecule has 1 aromatic carbocycles. The predicted molar refractivity (Wildman–Crippen MR) is 99.3 cm³/mol. The van der Waals surface area contributed by atoms with Gasteiger partial charge in [-0.2, -0.15) is 0 Å². The minimum atomic E-state index is 0. The highest BCUT2D eigenvalue weighted by Gasteiger charge is 2.21. The summed E-state index contributed by atoms with van der Waals surface area (Å²) in [5.74, 6) is 0.454. The van der Waals surface area contributed by atoms with Crippen molar-refractivity contribution in [2.75, 3.05) is 11.9 Å². The zero-order chi connectivity index (χ0) is 13.7. The number of aliphatic imine (C=N–C) groups is 1. The molecule has 0 aliphatic rings.